The van der Waals surface area contributed by atoms with Gasteiger partial charge in [-0.15, -0.1) is 0 Å². The van der Waals surface area contributed by atoms with Crippen molar-refractivity contribution < 1.29 is 9.90 Å². The Morgan fingerprint density at radius 2 is 2.17 bits per heavy atom. The number of aromatic hydroxyl groups is 1. The fourth-order valence-electron chi connectivity index (χ4n) is 2.78. The second-order valence-corrected chi connectivity index (χ2v) is 7.91. The van der Waals surface area contributed by atoms with Gasteiger partial charge in [0.1, 0.15) is 17.4 Å². The van der Waals surface area contributed by atoms with Gasteiger partial charge in [-0.2, -0.15) is 5.26 Å². The molecule has 4 nitrogen and oxygen atoms in total. The predicted molar refractivity (Wildman–Crippen MR) is 102 cm³/mol. The number of phenolic OH excluding ortho intramolecular Hbond substituents is 1. The summed E-state index contributed by atoms with van der Waals surface area (Å²) in [6, 6.07) is 5.51. The quantitative estimate of drug-likeness (QED) is 0.377. The van der Waals surface area contributed by atoms with Crippen molar-refractivity contribution in [3.63, 3.8) is 0 Å². The van der Waals surface area contributed by atoms with Crippen molar-refractivity contribution in [3.8, 4) is 11.8 Å². The molecule has 1 saturated carbocycles. The summed E-state index contributed by atoms with van der Waals surface area (Å²) in [4.78, 5) is 12.4. The third-order valence-electron chi connectivity index (χ3n) is 4.15. The lowest BCUT2D eigenvalue weighted by atomic mass is 9.86. The SMILES string of the molecule is C[C@@H]1CCCC[C@H]1NC(=O)/C(C#N)=C/c1cc(Br)cc(I)c1O. The highest BCUT2D eigenvalue weighted by atomic mass is 127. The molecule has 0 saturated heterocycles. The van der Waals surface area contributed by atoms with Crippen molar-refractivity contribution in [1.82, 2.24) is 5.32 Å². The van der Waals surface area contributed by atoms with E-state index in [1.54, 1.807) is 12.1 Å². The molecule has 0 unspecified atom stereocenters. The monoisotopic (exact) mass is 488 g/mol. The zero-order valence-electron chi connectivity index (χ0n) is 12.8. The third-order valence-corrected chi connectivity index (χ3v) is 5.43. The van der Waals surface area contributed by atoms with Crippen LogP contribution in [0.3, 0.4) is 0 Å². The first kappa shape index (κ1) is 18.3. The zero-order chi connectivity index (χ0) is 17.0. The molecular formula is C17H18BrIN2O2. The van der Waals surface area contributed by atoms with Gasteiger partial charge in [-0.05, 0) is 59.6 Å². The van der Waals surface area contributed by atoms with Gasteiger partial charge >= 0.3 is 0 Å². The second-order valence-electron chi connectivity index (χ2n) is 5.84. The maximum absolute atomic E-state index is 12.4. The van der Waals surface area contributed by atoms with E-state index in [9.17, 15) is 15.2 Å². The summed E-state index contributed by atoms with van der Waals surface area (Å²) >= 11 is 5.36. The van der Waals surface area contributed by atoms with Crippen molar-refractivity contribution in [2.45, 2.75) is 38.6 Å². The first-order valence-electron chi connectivity index (χ1n) is 7.53. The molecule has 1 aliphatic carbocycles. The minimum absolute atomic E-state index is 0.00646. The Kier molecular flexibility index (Phi) is 6.48. The van der Waals surface area contributed by atoms with E-state index in [0.29, 0.717) is 15.1 Å². The van der Waals surface area contributed by atoms with E-state index in [4.69, 9.17) is 0 Å². The molecule has 0 heterocycles. The molecule has 1 aromatic carbocycles. The van der Waals surface area contributed by atoms with Crippen LogP contribution in [0.2, 0.25) is 0 Å². The number of nitrogens with zero attached hydrogens (tertiary/aromatic N) is 1. The number of nitrogens with one attached hydrogen (secondary N) is 1. The average molecular weight is 489 g/mol. The van der Waals surface area contributed by atoms with Gasteiger partial charge in [-0.1, -0.05) is 35.7 Å². The first-order valence-corrected chi connectivity index (χ1v) is 9.40. The van der Waals surface area contributed by atoms with Crippen LogP contribution in [0.25, 0.3) is 6.08 Å². The average Bonchev–Trinajstić information content (AvgIpc) is 2.51. The summed E-state index contributed by atoms with van der Waals surface area (Å²) in [5, 5.41) is 22.4. The van der Waals surface area contributed by atoms with E-state index in [1.807, 2.05) is 28.7 Å². The molecule has 122 valence electrons. The smallest absolute Gasteiger partial charge is 0.262 e. The van der Waals surface area contributed by atoms with Gasteiger partial charge in [0.2, 0.25) is 0 Å². The number of carbonyl (C=O) groups excluding carboxylic acids is 1. The Morgan fingerprint density at radius 1 is 1.48 bits per heavy atom. The van der Waals surface area contributed by atoms with Crippen LogP contribution in [0.1, 0.15) is 38.2 Å². The number of phenols is 1. The van der Waals surface area contributed by atoms with Crippen LogP contribution in [0.5, 0.6) is 5.75 Å². The van der Waals surface area contributed by atoms with Gasteiger partial charge in [0.15, 0.2) is 0 Å². The number of hydrogen-bond donors (Lipinski definition) is 2. The van der Waals surface area contributed by atoms with Crippen LogP contribution in [-0.2, 0) is 4.79 Å². The molecular weight excluding hydrogens is 471 g/mol. The molecule has 2 N–H and O–H groups in total. The zero-order valence-corrected chi connectivity index (χ0v) is 16.5. The molecule has 0 bridgehead atoms. The number of halogens is 2. The van der Waals surface area contributed by atoms with Gasteiger partial charge in [0.25, 0.3) is 5.91 Å². The van der Waals surface area contributed by atoms with Crippen molar-refractivity contribution in [2.75, 3.05) is 0 Å². The Morgan fingerprint density at radius 3 is 2.83 bits per heavy atom. The van der Waals surface area contributed by atoms with E-state index in [-0.39, 0.29) is 23.3 Å². The molecule has 23 heavy (non-hydrogen) atoms. The summed E-state index contributed by atoms with van der Waals surface area (Å²) in [5.74, 6) is 0.119. The number of benzene rings is 1. The summed E-state index contributed by atoms with van der Waals surface area (Å²) in [5.41, 5.74) is 0.458. The van der Waals surface area contributed by atoms with E-state index in [2.05, 4.69) is 28.2 Å². The molecule has 0 aliphatic heterocycles. The molecule has 2 rings (SSSR count). The van der Waals surface area contributed by atoms with Crippen LogP contribution < -0.4 is 5.32 Å². The molecule has 0 spiro atoms. The Bertz CT molecular complexity index is 682. The molecule has 0 radical (unpaired) electrons. The highest BCUT2D eigenvalue weighted by molar-refractivity contribution is 14.1. The Labute approximate surface area is 158 Å². The van der Waals surface area contributed by atoms with Gasteiger partial charge in [-0.3, -0.25) is 4.79 Å². The van der Waals surface area contributed by atoms with E-state index >= 15 is 0 Å². The fourth-order valence-corrected chi connectivity index (χ4v) is 4.33. The lowest BCUT2D eigenvalue weighted by molar-refractivity contribution is -0.118. The Hall–Kier alpha value is -1.07. The summed E-state index contributed by atoms with van der Waals surface area (Å²) in [6.45, 7) is 2.13. The third kappa shape index (κ3) is 4.70. The topological polar surface area (TPSA) is 73.1 Å². The highest BCUT2D eigenvalue weighted by Crippen LogP contribution is 2.30. The van der Waals surface area contributed by atoms with E-state index < -0.39 is 0 Å². The van der Waals surface area contributed by atoms with Gasteiger partial charge in [-0.25, -0.2) is 0 Å². The number of rotatable bonds is 3. The minimum Gasteiger partial charge on any atom is -0.506 e. The fraction of sp³-hybridized carbons (Fsp3) is 0.412. The Balaban J connectivity index is 2.22. The number of hydrogen-bond acceptors (Lipinski definition) is 3. The molecule has 1 aromatic rings. The minimum atomic E-state index is -0.374. The summed E-state index contributed by atoms with van der Waals surface area (Å²) in [6.07, 6.45) is 5.78. The maximum atomic E-state index is 12.4. The normalized spacial score (nSPS) is 21.6. The molecule has 1 aliphatic rings. The highest BCUT2D eigenvalue weighted by Gasteiger charge is 2.24. The summed E-state index contributed by atoms with van der Waals surface area (Å²) < 4.78 is 1.44. The number of amides is 1. The van der Waals surface area contributed by atoms with Crippen molar-refractivity contribution in [1.29, 1.82) is 5.26 Å². The molecule has 0 aromatic heterocycles. The van der Waals surface area contributed by atoms with Gasteiger partial charge in [0.05, 0.1) is 3.57 Å². The largest absolute Gasteiger partial charge is 0.506 e. The maximum Gasteiger partial charge on any atom is 0.262 e. The van der Waals surface area contributed by atoms with Crippen molar-refractivity contribution in [2.24, 2.45) is 5.92 Å². The van der Waals surface area contributed by atoms with Crippen LogP contribution in [0, 0.1) is 20.8 Å². The predicted octanol–water partition coefficient (Wildman–Crippen LogP) is 4.36. The van der Waals surface area contributed by atoms with Gasteiger partial charge < -0.3 is 10.4 Å². The van der Waals surface area contributed by atoms with E-state index in [1.165, 1.54) is 12.5 Å². The van der Waals surface area contributed by atoms with Crippen LogP contribution in [-0.4, -0.2) is 17.1 Å². The summed E-state index contributed by atoms with van der Waals surface area (Å²) in [7, 11) is 0. The standard InChI is InChI=1S/C17H18BrIN2O2/c1-10-4-2-3-5-15(10)21-17(23)12(9-20)6-11-7-13(18)8-14(19)16(11)22/h6-8,10,15,22H,2-5H2,1H3,(H,21,23)/b12-6+/t10-,15-/m1/s1. The number of nitriles is 1. The lowest BCUT2D eigenvalue weighted by Gasteiger charge is -2.29. The van der Waals surface area contributed by atoms with Crippen LogP contribution in [0.4, 0.5) is 0 Å². The molecule has 1 amide bonds. The van der Waals surface area contributed by atoms with Gasteiger partial charge in [0, 0.05) is 16.1 Å². The van der Waals surface area contributed by atoms with Crippen molar-refractivity contribution >= 4 is 50.5 Å². The first-order chi connectivity index (χ1) is 10.9. The van der Waals surface area contributed by atoms with E-state index in [0.717, 1.165) is 23.7 Å². The molecule has 1 fully saturated rings. The molecule has 6 heteroatoms. The molecule has 2 atom stereocenters. The van der Waals surface area contributed by atoms with Crippen LogP contribution >= 0.6 is 38.5 Å². The lowest BCUT2D eigenvalue weighted by Crippen LogP contribution is -2.41. The van der Waals surface area contributed by atoms with Crippen molar-refractivity contribution in [3.05, 3.63) is 31.3 Å². The van der Waals surface area contributed by atoms with Crippen LogP contribution in [0.15, 0.2) is 22.2 Å². The number of carbonyl (C=O) groups is 1. The second kappa shape index (κ2) is 8.15.